The van der Waals surface area contributed by atoms with Crippen LogP contribution in [0.3, 0.4) is 0 Å². The second-order valence-corrected chi connectivity index (χ2v) is 6.16. The van der Waals surface area contributed by atoms with E-state index in [1.165, 1.54) is 5.56 Å². The van der Waals surface area contributed by atoms with Crippen LogP contribution in [0, 0.1) is 5.92 Å². The molecule has 0 bridgehead atoms. The number of carbonyl (C=O) groups is 1. The summed E-state index contributed by atoms with van der Waals surface area (Å²) in [5, 5.41) is 12.6. The fraction of sp³-hybridized carbons (Fsp3) is 0.500. The van der Waals surface area contributed by atoms with Crippen molar-refractivity contribution >= 4 is 12.0 Å². The van der Waals surface area contributed by atoms with Crippen molar-refractivity contribution in [3.8, 4) is 0 Å². The van der Waals surface area contributed by atoms with Gasteiger partial charge in [0.25, 0.3) is 0 Å². The van der Waals surface area contributed by atoms with Gasteiger partial charge in [-0.25, -0.2) is 0 Å². The smallest absolute Gasteiger partial charge is 0.244 e. The monoisotopic (exact) mass is 287 g/mol. The molecular formula is C18H25NO2. The summed E-state index contributed by atoms with van der Waals surface area (Å²) in [6.45, 7) is 4.89. The molecule has 1 amide bonds. The van der Waals surface area contributed by atoms with Crippen molar-refractivity contribution in [2.45, 2.75) is 45.1 Å². The Labute approximate surface area is 127 Å². The quantitative estimate of drug-likeness (QED) is 0.818. The van der Waals surface area contributed by atoms with Crippen molar-refractivity contribution in [1.29, 1.82) is 0 Å². The van der Waals surface area contributed by atoms with Crippen molar-refractivity contribution in [3.63, 3.8) is 0 Å². The Morgan fingerprint density at radius 1 is 1.33 bits per heavy atom. The van der Waals surface area contributed by atoms with Crippen molar-refractivity contribution in [2.75, 3.05) is 6.54 Å². The highest BCUT2D eigenvalue weighted by atomic mass is 16.3. The first-order chi connectivity index (χ1) is 10.1. The van der Waals surface area contributed by atoms with Gasteiger partial charge in [-0.05, 0) is 36.0 Å². The Kier molecular flexibility index (Phi) is 5.57. The molecule has 3 nitrogen and oxygen atoms in total. The van der Waals surface area contributed by atoms with Gasteiger partial charge in [0.15, 0.2) is 0 Å². The topological polar surface area (TPSA) is 49.3 Å². The molecule has 1 aromatic carbocycles. The Balaban J connectivity index is 1.81. The van der Waals surface area contributed by atoms with Gasteiger partial charge in [-0.3, -0.25) is 4.79 Å². The van der Waals surface area contributed by atoms with E-state index in [4.69, 9.17) is 0 Å². The van der Waals surface area contributed by atoms with E-state index >= 15 is 0 Å². The number of aliphatic hydroxyl groups excluding tert-OH is 1. The number of carbonyl (C=O) groups excluding carboxylic acids is 1. The van der Waals surface area contributed by atoms with Crippen LogP contribution in [0.4, 0.5) is 0 Å². The molecule has 0 aliphatic heterocycles. The summed E-state index contributed by atoms with van der Waals surface area (Å²) in [5.41, 5.74) is 2.32. The number of hydrogen-bond donors (Lipinski definition) is 2. The molecule has 1 saturated carbocycles. The Morgan fingerprint density at radius 2 is 2.05 bits per heavy atom. The van der Waals surface area contributed by atoms with Crippen LogP contribution in [-0.2, 0) is 4.79 Å². The minimum atomic E-state index is -0.252. The van der Waals surface area contributed by atoms with Crippen LogP contribution >= 0.6 is 0 Å². The largest absolute Gasteiger partial charge is 0.393 e. The Morgan fingerprint density at radius 3 is 2.62 bits per heavy atom. The van der Waals surface area contributed by atoms with Crippen LogP contribution in [0.5, 0.6) is 0 Å². The van der Waals surface area contributed by atoms with E-state index in [9.17, 15) is 9.90 Å². The molecule has 3 heteroatoms. The van der Waals surface area contributed by atoms with Gasteiger partial charge in [0, 0.05) is 18.5 Å². The molecule has 1 fully saturated rings. The molecular weight excluding hydrogens is 262 g/mol. The molecule has 0 aromatic heterocycles. The summed E-state index contributed by atoms with van der Waals surface area (Å²) in [6, 6.07) is 8.24. The molecule has 1 aliphatic carbocycles. The first kappa shape index (κ1) is 15.8. The third-order valence-corrected chi connectivity index (χ3v) is 4.19. The lowest BCUT2D eigenvalue weighted by Crippen LogP contribution is -2.31. The molecule has 2 rings (SSSR count). The number of benzene rings is 1. The summed E-state index contributed by atoms with van der Waals surface area (Å²) in [6.07, 6.45) is 6.05. The van der Waals surface area contributed by atoms with Crippen molar-refractivity contribution in [1.82, 2.24) is 5.32 Å². The highest BCUT2D eigenvalue weighted by Gasteiger charge is 2.24. The predicted molar refractivity (Wildman–Crippen MR) is 85.9 cm³/mol. The molecule has 0 spiro atoms. The molecule has 1 aromatic rings. The maximum Gasteiger partial charge on any atom is 0.244 e. The van der Waals surface area contributed by atoms with Crippen molar-refractivity contribution in [3.05, 3.63) is 41.5 Å². The normalized spacial score (nSPS) is 22.1. The Hall–Kier alpha value is -1.61. The highest BCUT2D eigenvalue weighted by Crippen LogP contribution is 2.24. The minimum absolute atomic E-state index is 0.0953. The first-order valence-corrected chi connectivity index (χ1v) is 7.80. The van der Waals surface area contributed by atoms with Crippen LogP contribution in [0.1, 0.15) is 50.2 Å². The van der Waals surface area contributed by atoms with Crippen LogP contribution in [0.2, 0.25) is 0 Å². The van der Waals surface area contributed by atoms with E-state index < -0.39 is 0 Å². The summed E-state index contributed by atoms with van der Waals surface area (Å²) in [7, 11) is 0. The molecule has 2 atom stereocenters. The van der Waals surface area contributed by atoms with E-state index in [2.05, 4.69) is 31.3 Å². The average molecular weight is 287 g/mol. The zero-order valence-electron chi connectivity index (χ0n) is 12.9. The van der Waals surface area contributed by atoms with Gasteiger partial charge in [-0.1, -0.05) is 44.5 Å². The van der Waals surface area contributed by atoms with E-state index in [0.717, 1.165) is 24.8 Å². The first-order valence-electron chi connectivity index (χ1n) is 7.80. The van der Waals surface area contributed by atoms with Crippen LogP contribution < -0.4 is 5.32 Å². The fourth-order valence-electron chi connectivity index (χ4n) is 2.71. The molecule has 0 radical (unpaired) electrons. The summed E-state index contributed by atoms with van der Waals surface area (Å²) >= 11 is 0. The van der Waals surface area contributed by atoms with Gasteiger partial charge in [-0.15, -0.1) is 0 Å². The number of amides is 1. The predicted octanol–water partition coefficient (Wildman–Crippen LogP) is 3.10. The number of nitrogens with one attached hydrogen (secondary N) is 1. The van der Waals surface area contributed by atoms with E-state index in [1.54, 1.807) is 6.08 Å². The third kappa shape index (κ3) is 4.71. The highest BCUT2D eigenvalue weighted by molar-refractivity contribution is 5.91. The van der Waals surface area contributed by atoms with Gasteiger partial charge in [0.2, 0.25) is 5.91 Å². The van der Waals surface area contributed by atoms with E-state index in [0.29, 0.717) is 12.5 Å². The van der Waals surface area contributed by atoms with Gasteiger partial charge in [0.1, 0.15) is 0 Å². The minimum Gasteiger partial charge on any atom is -0.393 e. The van der Waals surface area contributed by atoms with Crippen LogP contribution in [-0.4, -0.2) is 23.7 Å². The lowest BCUT2D eigenvalue weighted by molar-refractivity contribution is -0.116. The standard InChI is InChI=1S/C18H25NO2/c1-13(2)15-9-6-14(7-10-15)8-11-18(21)19-12-16-4-3-5-17(16)20/h6-11,13,16-17,20H,3-5,12H2,1-2H3,(H,19,21). The van der Waals surface area contributed by atoms with Crippen LogP contribution in [0.25, 0.3) is 6.08 Å². The summed E-state index contributed by atoms with van der Waals surface area (Å²) in [5.74, 6) is 0.638. The molecule has 1 aliphatic rings. The third-order valence-electron chi connectivity index (χ3n) is 4.19. The summed E-state index contributed by atoms with van der Waals surface area (Å²) < 4.78 is 0. The van der Waals surface area contributed by atoms with Gasteiger partial charge < -0.3 is 10.4 Å². The van der Waals surface area contributed by atoms with Crippen molar-refractivity contribution < 1.29 is 9.90 Å². The molecule has 2 unspecified atom stereocenters. The molecule has 2 N–H and O–H groups in total. The molecule has 0 saturated heterocycles. The Bertz CT molecular complexity index is 490. The van der Waals surface area contributed by atoms with Gasteiger partial charge >= 0.3 is 0 Å². The van der Waals surface area contributed by atoms with E-state index in [-0.39, 0.29) is 17.9 Å². The second-order valence-electron chi connectivity index (χ2n) is 6.16. The lowest BCUT2D eigenvalue weighted by atomic mass is 10.0. The lowest BCUT2D eigenvalue weighted by Gasteiger charge is -2.14. The van der Waals surface area contributed by atoms with Gasteiger partial charge in [-0.2, -0.15) is 0 Å². The number of hydrogen-bond acceptors (Lipinski definition) is 2. The molecule has 0 heterocycles. The molecule has 114 valence electrons. The maximum atomic E-state index is 11.8. The SMILES string of the molecule is CC(C)c1ccc(C=CC(=O)NCC2CCCC2O)cc1. The zero-order chi connectivity index (χ0) is 15.2. The number of aliphatic hydroxyl groups is 1. The fourth-order valence-corrected chi connectivity index (χ4v) is 2.71. The average Bonchev–Trinajstić information content (AvgIpc) is 2.88. The molecule has 21 heavy (non-hydrogen) atoms. The van der Waals surface area contributed by atoms with Gasteiger partial charge in [0.05, 0.1) is 6.10 Å². The maximum absolute atomic E-state index is 11.8. The zero-order valence-corrected chi connectivity index (χ0v) is 12.9. The van der Waals surface area contributed by atoms with E-state index in [1.807, 2.05) is 18.2 Å². The van der Waals surface area contributed by atoms with Crippen LogP contribution in [0.15, 0.2) is 30.3 Å². The summed E-state index contributed by atoms with van der Waals surface area (Å²) in [4.78, 5) is 11.8. The number of rotatable bonds is 5. The second kappa shape index (κ2) is 7.41. The van der Waals surface area contributed by atoms with Crippen molar-refractivity contribution in [2.24, 2.45) is 5.92 Å².